The number of carbonyl (C=O) groups excluding carboxylic acids is 1. The lowest BCUT2D eigenvalue weighted by Crippen LogP contribution is -2.44. The maximum absolute atomic E-state index is 14.6. The van der Waals surface area contributed by atoms with Crippen molar-refractivity contribution in [1.82, 2.24) is 14.9 Å². The molecule has 2 heterocycles. The largest absolute Gasteiger partial charge is 0.408 e. The Hall–Kier alpha value is -3.57. The van der Waals surface area contributed by atoms with Gasteiger partial charge in [0.25, 0.3) is 5.91 Å². The highest BCUT2D eigenvalue weighted by Crippen LogP contribution is 2.23. The number of fused-ring (bicyclic) bond motifs is 1. The number of nitrogens with one attached hydrogen (secondary N) is 1. The van der Waals surface area contributed by atoms with Crippen LogP contribution in [0.25, 0.3) is 16.7 Å². The smallest absolute Gasteiger partial charge is 0.357 e. The third-order valence-electron chi connectivity index (χ3n) is 4.90. The average Bonchev–Trinajstić information content (AvgIpc) is 2.73. The molecule has 0 spiro atoms. The van der Waals surface area contributed by atoms with Crippen molar-refractivity contribution in [3.8, 4) is 5.69 Å². The molecule has 0 bridgehead atoms. The Morgan fingerprint density at radius 1 is 1.21 bits per heavy atom. The molecule has 0 saturated carbocycles. The van der Waals surface area contributed by atoms with Crippen LogP contribution in [0.1, 0.15) is 17.3 Å². The van der Waals surface area contributed by atoms with Gasteiger partial charge in [0, 0.05) is 25.9 Å². The van der Waals surface area contributed by atoms with Crippen molar-refractivity contribution < 1.29 is 31.1 Å². The van der Waals surface area contributed by atoms with Crippen LogP contribution in [-0.4, -0.2) is 47.9 Å². The van der Waals surface area contributed by atoms with Gasteiger partial charge in [0.05, 0.1) is 11.1 Å². The Labute approximate surface area is 183 Å². The highest BCUT2D eigenvalue weighted by Gasteiger charge is 2.37. The summed E-state index contributed by atoms with van der Waals surface area (Å²) in [5, 5.41) is 1.48. The molecule has 1 atom stereocenters. The van der Waals surface area contributed by atoms with Crippen LogP contribution in [0.2, 0.25) is 0 Å². The van der Waals surface area contributed by atoms with Crippen molar-refractivity contribution in [2.24, 2.45) is 0 Å². The van der Waals surface area contributed by atoms with E-state index in [0.717, 1.165) is 22.9 Å². The highest BCUT2D eigenvalue weighted by molar-refractivity contribution is 5.97. The van der Waals surface area contributed by atoms with E-state index in [9.17, 15) is 35.9 Å². The van der Waals surface area contributed by atoms with Gasteiger partial charge < -0.3 is 10.2 Å². The summed E-state index contributed by atoms with van der Waals surface area (Å²) in [6, 6.07) is 2.85. The average molecular weight is 472 g/mol. The van der Waals surface area contributed by atoms with Gasteiger partial charge in [-0.3, -0.25) is 14.2 Å². The Kier molecular flexibility index (Phi) is 6.65. The van der Waals surface area contributed by atoms with Crippen LogP contribution in [0.15, 0.2) is 41.3 Å². The number of amides is 1. The summed E-state index contributed by atoms with van der Waals surface area (Å²) in [5.41, 5.74) is -2.11. The highest BCUT2D eigenvalue weighted by atomic mass is 19.4. The van der Waals surface area contributed by atoms with Gasteiger partial charge in [0.1, 0.15) is 35.7 Å². The number of nitrogens with zero attached hydrogens (tertiary/aromatic N) is 3. The maximum Gasteiger partial charge on any atom is 0.408 e. The van der Waals surface area contributed by atoms with E-state index in [-0.39, 0.29) is 29.1 Å². The zero-order chi connectivity index (χ0) is 24.5. The van der Waals surface area contributed by atoms with Crippen LogP contribution >= 0.6 is 0 Å². The van der Waals surface area contributed by atoms with Gasteiger partial charge in [-0.2, -0.15) is 13.2 Å². The van der Waals surface area contributed by atoms with Crippen molar-refractivity contribution in [1.29, 1.82) is 0 Å². The third-order valence-corrected chi connectivity index (χ3v) is 4.90. The molecule has 1 aromatic carbocycles. The lowest BCUT2D eigenvalue weighted by Gasteiger charge is -2.20. The van der Waals surface area contributed by atoms with Crippen molar-refractivity contribution >= 4 is 22.8 Å². The summed E-state index contributed by atoms with van der Waals surface area (Å²) in [4.78, 5) is 31.1. The number of benzene rings is 1. The minimum Gasteiger partial charge on any atom is -0.357 e. The number of anilines is 1. The number of alkyl halides is 4. The number of aromatic nitrogens is 2. The number of hydrogen-bond acceptors (Lipinski definition) is 4. The van der Waals surface area contributed by atoms with E-state index in [4.69, 9.17) is 0 Å². The molecule has 0 saturated heterocycles. The molecule has 3 aromatic rings. The van der Waals surface area contributed by atoms with Crippen LogP contribution in [0.5, 0.6) is 0 Å². The zero-order valence-corrected chi connectivity index (χ0v) is 17.4. The Morgan fingerprint density at radius 3 is 2.52 bits per heavy atom. The first-order valence-electron chi connectivity index (χ1n) is 9.60. The monoisotopic (exact) mass is 472 g/mol. The van der Waals surface area contributed by atoms with Crippen LogP contribution in [0.4, 0.5) is 32.2 Å². The Bertz CT molecular complexity index is 1260. The first kappa shape index (κ1) is 24.1. The van der Waals surface area contributed by atoms with Gasteiger partial charge in [-0.25, -0.2) is 18.2 Å². The second-order valence-electron chi connectivity index (χ2n) is 7.23. The van der Waals surface area contributed by atoms with Gasteiger partial charge >= 0.3 is 6.18 Å². The summed E-state index contributed by atoms with van der Waals surface area (Å²) < 4.78 is 80.3. The molecule has 1 N–H and O–H groups in total. The summed E-state index contributed by atoms with van der Waals surface area (Å²) >= 11 is 0. The van der Waals surface area contributed by atoms with Gasteiger partial charge in [0.2, 0.25) is 5.43 Å². The molecule has 2 aromatic heterocycles. The van der Waals surface area contributed by atoms with E-state index < -0.39 is 47.4 Å². The molecule has 0 fully saturated rings. The van der Waals surface area contributed by atoms with Gasteiger partial charge in [-0.05, 0) is 31.2 Å². The summed E-state index contributed by atoms with van der Waals surface area (Å²) in [6.45, 7) is -0.0404. The fraction of sp³-hybridized carbons (Fsp3) is 0.286. The first-order valence-corrected chi connectivity index (χ1v) is 9.60. The molecule has 1 unspecified atom stereocenters. The molecule has 1 amide bonds. The fourth-order valence-corrected chi connectivity index (χ4v) is 3.03. The predicted octanol–water partition coefficient (Wildman–Crippen LogP) is 3.75. The predicted molar refractivity (Wildman–Crippen MR) is 109 cm³/mol. The summed E-state index contributed by atoms with van der Waals surface area (Å²) in [6.07, 6.45) is -3.92. The molecule has 33 heavy (non-hydrogen) atoms. The summed E-state index contributed by atoms with van der Waals surface area (Å²) in [7, 11) is 1.52. The lowest BCUT2D eigenvalue weighted by atomic mass is 10.1. The minimum absolute atomic E-state index is 0.0382. The number of hydrogen-bond donors (Lipinski definition) is 1. The standard InChI is InChI=1S/C21H18F6N4O2/c1-11(21(25,26)27)28-20(33)14-10-31(16-5-3-12(23)9-15(16)24)19-13(18(14)32)4-6-17(29-19)30(2)8-7-22/h3-6,9-11H,7-8H2,1-2H3,(H,28,33). The van der Waals surface area contributed by atoms with Gasteiger partial charge in [-0.15, -0.1) is 0 Å². The van der Waals surface area contributed by atoms with E-state index in [1.807, 2.05) is 0 Å². The van der Waals surface area contributed by atoms with Crippen LogP contribution in [-0.2, 0) is 0 Å². The number of rotatable bonds is 6. The van der Waals surface area contributed by atoms with Crippen LogP contribution < -0.4 is 15.6 Å². The topological polar surface area (TPSA) is 67.2 Å². The molecule has 12 heteroatoms. The van der Waals surface area contributed by atoms with Crippen LogP contribution in [0, 0.1) is 11.6 Å². The molecule has 0 aliphatic heterocycles. The number of pyridine rings is 2. The van der Waals surface area contributed by atoms with Crippen molar-refractivity contribution in [2.45, 2.75) is 19.1 Å². The molecule has 6 nitrogen and oxygen atoms in total. The molecular weight excluding hydrogens is 454 g/mol. The van der Waals surface area contributed by atoms with E-state index in [1.54, 1.807) is 5.32 Å². The van der Waals surface area contributed by atoms with Crippen molar-refractivity contribution in [3.63, 3.8) is 0 Å². The van der Waals surface area contributed by atoms with E-state index >= 15 is 0 Å². The third kappa shape index (κ3) is 4.94. The van der Waals surface area contributed by atoms with Crippen molar-refractivity contribution in [3.05, 3.63) is 63.9 Å². The number of carbonyl (C=O) groups is 1. The van der Waals surface area contributed by atoms with E-state index in [2.05, 4.69) is 4.98 Å². The molecular formula is C21H18F6N4O2. The van der Waals surface area contributed by atoms with Crippen LogP contribution in [0.3, 0.4) is 0 Å². The SMILES string of the molecule is CC(NC(=O)c1cn(-c2ccc(F)cc2F)c2nc(N(C)CCF)ccc2c1=O)C(F)(F)F. The van der Waals surface area contributed by atoms with E-state index in [1.165, 1.54) is 24.1 Å². The molecule has 0 aliphatic rings. The fourth-order valence-electron chi connectivity index (χ4n) is 3.03. The molecule has 0 aliphatic carbocycles. The Balaban J connectivity index is 2.26. The normalized spacial score (nSPS) is 12.6. The molecule has 0 radical (unpaired) electrons. The quantitative estimate of drug-likeness (QED) is 0.555. The second-order valence-corrected chi connectivity index (χ2v) is 7.23. The second kappa shape index (κ2) is 9.12. The maximum atomic E-state index is 14.6. The number of halogens is 6. The first-order chi connectivity index (χ1) is 15.4. The zero-order valence-electron chi connectivity index (χ0n) is 17.4. The lowest BCUT2D eigenvalue weighted by molar-refractivity contribution is -0.149. The van der Waals surface area contributed by atoms with Gasteiger partial charge in [0.15, 0.2) is 5.65 Å². The van der Waals surface area contributed by atoms with Crippen molar-refractivity contribution in [2.75, 3.05) is 25.2 Å². The van der Waals surface area contributed by atoms with Gasteiger partial charge in [-0.1, -0.05) is 0 Å². The Morgan fingerprint density at radius 2 is 1.91 bits per heavy atom. The summed E-state index contributed by atoms with van der Waals surface area (Å²) in [5.74, 6) is -3.09. The molecule has 176 valence electrons. The minimum atomic E-state index is -4.76. The van der Waals surface area contributed by atoms with E-state index in [0.29, 0.717) is 13.0 Å². The molecule has 3 rings (SSSR count).